The summed E-state index contributed by atoms with van der Waals surface area (Å²) in [6.07, 6.45) is 4.91. The van der Waals surface area contributed by atoms with Crippen molar-refractivity contribution in [2.75, 3.05) is 17.7 Å². The molecule has 0 atom stereocenters. The lowest BCUT2D eigenvalue weighted by molar-refractivity contribution is -0.132. The second kappa shape index (κ2) is 9.92. The van der Waals surface area contributed by atoms with Gasteiger partial charge < -0.3 is 15.7 Å². The molecule has 0 bridgehead atoms. The molecule has 0 heterocycles. The summed E-state index contributed by atoms with van der Waals surface area (Å²) in [4.78, 5) is 23.8. The van der Waals surface area contributed by atoms with Crippen LogP contribution < -0.4 is 10.6 Å². The Hall–Kier alpha value is -3.60. The molecular weight excluding hydrogens is 352 g/mol. The fraction of sp³-hybridized carbons (Fsp3) is 0.130. The van der Waals surface area contributed by atoms with Gasteiger partial charge in [0.25, 0.3) is 5.91 Å². The van der Waals surface area contributed by atoms with Gasteiger partial charge in [-0.15, -0.1) is 0 Å². The van der Waals surface area contributed by atoms with Crippen molar-refractivity contribution in [1.82, 2.24) is 0 Å². The van der Waals surface area contributed by atoms with Crippen molar-refractivity contribution in [3.63, 3.8) is 0 Å². The number of allylic oxidation sites excluding steroid dienone is 3. The molecule has 0 saturated heterocycles. The summed E-state index contributed by atoms with van der Waals surface area (Å²) < 4.78 is 0. The van der Waals surface area contributed by atoms with Crippen LogP contribution in [-0.2, 0) is 16.0 Å². The Kier molecular flexibility index (Phi) is 7.34. The van der Waals surface area contributed by atoms with Crippen molar-refractivity contribution in [2.24, 2.45) is 0 Å². The van der Waals surface area contributed by atoms with E-state index in [1.54, 1.807) is 19.1 Å². The van der Waals surface area contributed by atoms with Gasteiger partial charge in [0.05, 0.1) is 5.57 Å². The first-order valence-electron chi connectivity index (χ1n) is 8.88. The highest BCUT2D eigenvalue weighted by atomic mass is 16.4. The second-order valence-electron chi connectivity index (χ2n) is 6.10. The predicted molar refractivity (Wildman–Crippen MR) is 114 cm³/mol. The maximum absolute atomic E-state index is 12.5. The topological polar surface area (TPSA) is 78.4 Å². The van der Waals surface area contributed by atoms with Gasteiger partial charge in [-0.3, -0.25) is 4.79 Å². The van der Waals surface area contributed by atoms with Crippen LogP contribution in [0.15, 0.2) is 84.5 Å². The van der Waals surface area contributed by atoms with Gasteiger partial charge in [0.2, 0.25) is 0 Å². The van der Waals surface area contributed by atoms with Crippen LogP contribution in [0.4, 0.5) is 11.4 Å². The number of carboxylic acid groups (broad SMARTS) is 1. The van der Waals surface area contributed by atoms with E-state index in [0.717, 1.165) is 17.7 Å². The van der Waals surface area contributed by atoms with Crippen LogP contribution in [0.25, 0.3) is 0 Å². The Balaban J connectivity index is 2.08. The summed E-state index contributed by atoms with van der Waals surface area (Å²) in [6, 6.07) is 15.7. The van der Waals surface area contributed by atoms with Crippen LogP contribution >= 0.6 is 0 Å². The highest BCUT2D eigenvalue weighted by Gasteiger charge is 2.19. The molecule has 28 heavy (non-hydrogen) atoms. The minimum Gasteiger partial charge on any atom is -0.478 e. The molecule has 1 amide bonds. The molecular formula is C23H24N2O3. The van der Waals surface area contributed by atoms with Gasteiger partial charge >= 0.3 is 5.97 Å². The van der Waals surface area contributed by atoms with Crippen molar-refractivity contribution < 1.29 is 14.7 Å². The third-order valence-corrected chi connectivity index (χ3v) is 4.20. The molecule has 144 valence electrons. The molecule has 0 aliphatic heterocycles. The quantitative estimate of drug-likeness (QED) is 0.471. The number of rotatable bonds is 8. The predicted octanol–water partition coefficient (Wildman–Crippen LogP) is 4.40. The standard InChI is InChI=1S/C23H24N2O3/c1-4-6-21(23(27)28)20(5-2)22(26)25-19-13-9-17(10-14-19)15-16-7-11-18(24-3)12-8-16/h4-14,24H,1,15H2,2-3H3,(H,25,26)(H,27,28)/b20-5+,21-6+. The zero-order valence-electron chi connectivity index (χ0n) is 16.0. The van der Waals surface area contributed by atoms with E-state index in [1.807, 2.05) is 31.3 Å². The molecule has 0 radical (unpaired) electrons. The molecule has 5 heteroatoms. The number of aliphatic carboxylic acids is 1. The van der Waals surface area contributed by atoms with E-state index in [0.29, 0.717) is 5.69 Å². The summed E-state index contributed by atoms with van der Waals surface area (Å²) in [7, 11) is 1.88. The molecule has 3 N–H and O–H groups in total. The number of benzene rings is 2. The average molecular weight is 376 g/mol. The van der Waals surface area contributed by atoms with Gasteiger partial charge in [0, 0.05) is 24.0 Å². The van der Waals surface area contributed by atoms with Crippen LogP contribution in [0.1, 0.15) is 18.1 Å². The fourth-order valence-electron chi connectivity index (χ4n) is 2.73. The Morgan fingerprint density at radius 2 is 1.50 bits per heavy atom. The summed E-state index contributed by atoms with van der Waals surface area (Å²) in [5, 5.41) is 15.1. The minimum atomic E-state index is -1.18. The third kappa shape index (κ3) is 5.45. The lowest BCUT2D eigenvalue weighted by atomic mass is 10.0. The minimum absolute atomic E-state index is 0.0844. The van der Waals surface area contributed by atoms with Crippen molar-refractivity contribution in [1.29, 1.82) is 0 Å². The van der Waals surface area contributed by atoms with Gasteiger partial charge in [0.1, 0.15) is 0 Å². The molecule has 0 unspecified atom stereocenters. The molecule has 5 nitrogen and oxygen atoms in total. The lowest BCUT2D eigenvalue weighted by Crippen LogP contribution is -2.19. The Morgan fingerprint density at radius 1 is 0.964 bits per heavy atom. The number of carbonyl (C=O) groups excluding carboxylic acids is 1. The molecule has 0 saturated carbocycles. The van der Waals surface area contributed by atoms with Crippen LogP contribution in [0.2, 0.25) is 0 Å². The summed E-state index contributed by atoms with van der Waals surface area (Å²) in [6.45, 7) is 5.12. The third-order valence-electron chi connectivity index (χ3n) is 4.20. The summed E-state index contributed by atoms with van der Waals surface area (Å²) in [5.41, 5.74) is 3.94. The zero-order valence-corrected chi connectivity index (χ0v) is 16.0. The number of amides is 1. The first-order valence-corrected chi connectivity index (χ1v) is 8.88. The van der Waals surface area contributed by atoms with E-state index < -0.39 is 11.9 Å². The first kappa shape index (κ1) is 20.7. The molecule has 2 rings (SSSR count). The Bertz CT molecular complexity index is 908. The fourth-order valence-corrected chi connectivity index (χ4v) is 2.73. The van der Waals surface area contributed by atoms with Gasteiger partial charge in [-0.25, -0.2) is 4.79 Å². The number of nitrogens with one attached hydrogen (secondary N) is 2. The van der Waals surface area contributed by atoms with E-state index in [4.69, 9.17) is 0 Å². The average Bonchev–Trinajstić information content (AvgIpc) is 2.70. The van der Waals surface area contributed by atoms with Crippen LogP contribution in [0.3, 0.4) is 0 Å². The molecule has 2 aromatic rings. The van der Waals surface area contributed by atoms with Gasteiger partial charge in [-0.05, 0) is 54.8 Å². The molecule has 0 aliphatic rings. The smallest absolute Gasteiger partial charge is 0.336 e. The van der Waals surface area contributed by atoms with E-state index in [9.17, 15) is 14.7 Å². The monoisotopic (exact) mass is 376 g/mol. The van der Waals surface area contributed by atoms with Crippen LogP contribution in [0.5, 0.6) is 0 Å². The van der Waals surface area contributed by atoms with E-state index in [1.165, 1.54) is 23.8 Å². The van der Waals surface area contributed by atoms with Gasteiger partial charge in [0.15, 0.2) is 0 Å². The maximum atomic E-state index is 12.5. The maximum Gasteiger partial charge on any atom is 0.336 e. The number of hydrogen-bond donors (Lipinski definition) is 3. The van der Waals surface area contributed by atoms with Crippen molar-refractivity contribution in [3.05, 3.63) is 95.6 Å². The summed E-state index contributed by atoms with van der Waals surface area (Å²) in [5.74, 6) is -1.66. The molecule has 0 spiro atoms. The van der Waals surface area contributed by atoms with Crippen molar-refractivity contribution >= 4 is 23.3 Å². The van der Waals surface area contributed by atoms with Crippen molar-refractivity contribution in [2.45, 2.75) is 13.3 Å². The lowest BCUT2D eigenvalue weighted by Gasteiger charge is -2.10. The van der Waals surface area contributed by atoms with Gasteiger partial charge in [-0.2, -0.15) is 0 Å². The first-order chi connectivity index (χ1) is 13.5. The van der Waals surface area contributed by atoms with E-state index >= 15 is 0 Å². The Morgan fingerprint density at radius 3 is 1.93 bits per heavy atom. The number of carboxylic acids is 1. The highest BCUT2D eigenvalue weighted by Crippen LogP contribution is 2.18. The van der Waals surface area contributed by atoms with Gasteiger partial charge in [-0.1, -0.05) is 43.0 Å². The molecule has 0 fully saturated rings. The number of hydrogen-bond acceptors (Lipinski definition) is 3. The van der Waals surface area contributed by atoms with E-state index in [2.05, 4.69) is 29.3 Å². The Labute approximate surface area is 165 Å². The highest BCUT2D eigenvalue weighted by molar-refractivity contribution is 6.13. The number of carbonyl (C=O) groups is 2. The second-order valence-corrected chi connectivity index (χ2v) is 6.10. The van der Waals surface area contributed by atoms with Crippen molar-refractivity contribution in [3.8, 4) is 0 Å². The zero-order chi connectivity index (χ0) is 20.5. The van der Waals surface area contributed by atoms with Crippen LogP contribution in [0, 0.1) is 0 Å². The molecule has 0 aromatic heterocycles. The SMILES string of the molecule is C=C/C=C(C(=O)O)\C(=C/C)C(=O)Nc1ccc(Cc2ccc(NC)cc2)cc1. The summed E-state index contributed by atoms with van der Waals surface area (Å²) >= 11 is 0. The van der Waals surface area contributed by atoms with Crippen LogP contribution in [-0.4, -0.2) is 24.0 Å². The van der Waals surface area contributed by atoms with E-state index in [-0.39, 0.29) is 11.1 Å². The largest absolute Gasteiger partial charge is 0.478 e. The molecule has 0 aliphatic carbocycles. The molecule has 2 aromatic carbocycles. The number of anilines is 2. The normalized spacial score (nSPS) is 11.6.